The maximum atomic E-state index is 11.8. The molecule has 0 bridgehead atoms. The molecule has 0 radical (unpaired) electrons. The normalized spacial score (nSPS) is 22.3. The summed E-state index contributed by atoms with van der Waals surface area (Å²) in [5.41, 5.74) is 0. The molecular weight excluding hydrogens is 262 g/mol. The Labute approximate surface area is 117 Å². The van der Waals surface area contributed by atoms with E-state index in [0.717, 1.165) is 12.8 Å². The molecule has 1 aliphatic rings. The van der Waals surface area contributed by atoms with Gasteiger partial charge in [0.25, 0.3) is 0 Å². The number of nitrogens with one attached hydrogen (secondary N) is 1. The molecule has 1 aliphatic heterocycles. The van der Waals surface area contributed by atoms with Gasteiger partial charge in [-0.25, -0.2) is 8.42 Å². The van der Waals surface area contributed by atoms with E-state index in [4.69, 9.17) is 0 Å². The van der Waals surface area contributed by atoms with Crippen LogP contribution in [0.5, 0.6) is 0 Å². The van der Waals surface area contributed by atoms with E-state index < -0.39 is 9.84 Å². The van der Waals surface area contributed by atoms with Crippen LogP contribution in [-0.4, -0.2) is 38.3 Å². The minimum absolute atomic E-state index is 0.120. The molecule has 1 saturated heterocycles. The number of carbonyl (C=O) groups excluding carboxylic acids is 1. The van der Waals surface area contributed by atoms with Gasteiger partial charge < -0.3 is 5.32 Å². The van der Waals surface area contributed by atoms with Gasteiger partial charge in [-0.15, -0.1) is 0 Å². The second-order valence-corrected chi connectivity index (χ2v) is 7.75. The lowest BCUT2D eigenvalue weighted by Gasteiger charge is -2.22. The van der Waals surface area contributed by atoms with Crippen molar-refractivity contribution in [3.63, 3.8) is 0 Å². The van der Waals surface area contributed by atoms with E-state index in [1.165, 1.54) is 25.7 Å². The molecule has 1 N–H and O–H groups in total. The lowest BCUT2D eigenvalue weighted by Crippen LogP contribution is -2.45. The third-order valence-electron chi connectivity index (χ3n) is 3.58. The fourth-order valence-corrected chi connectivity index (χ4v) is 3.92. The summed E-state index contributed by atoms with van der Waals surface area (Å²) >= 11 is 0. The Hall–Kier alpha value is -0.420. The Morgan fingerprint density at radius 1 is 1.16 bits per heavy atom. The quantitative estimate of drug-likeness (QED) is 0.660. The number of carbonyl (C=O) groups is 1. The van der Waals surface area contributed by atoms with E-state index in [-0.39, 0.29) is 23.3 Å². The molecule has 1 heterocycles. The van der Waals surface area contributed by atoms with Gasteiger partial charge in [-0.1, -0.05) is 39.0 Å². The maximum Gasteiger partial charge on any atom is 0.153 e. The lowest BCUT2D eigenvalue weighted by molar-refractivity contribution is -0.119. The van der Waals surface area contributed by atoms with Gasteiger partial charge in [-0.2, -0.15) is 0 Å². The fraction of sp³-hybridized carbons (Fsp3) is 0.929. The Balaban J connectivity index is 2.10. The Kier molecular flexibility index (Phi) is 7.61. The first kappa shape index (κ1) is 16.6. The molecule has 1 unspecified atom stereocenters. The van der Waals surface area contributed by atoms with Crippen LogP contribution in [0.4, 0.5) is 0 Å². The second-order valence-electron chi connectivity index (χ2n) is 5.53. The standard InChI is InChI=1S/C14H27NO3S/c1-2-3-4-5-6-7-8-14(16)11-13-12-19(17,18)10-9-15-13/h13,15H,2-12H2,1H3. The smallest absolute Gasteiger partial charge is 0.153 e. The number of sulfone groups is 1. The molecule has 19 heavy (non-hydrogen) atoms. The molecule has 0 saturated carbocycles. The van der Waals surface area contributed by atoms with E-state index in [2.05, 4.69) is 12.2 Å². The SMILES string of the molecule is CCCCCCCCC(=O)CC1CS(=O)(=O)CCN1. The molecule has 0 spiro atoms. The lowest BCUT2D eigenvalue weighted by atomic mass is 10.0. The van der Waals surface area contributed by atoms with Crippen LogP contribution in [0, 0.1) is 0 Å². The number of hydrogen-bond acceptors (Lipinski definition) is 4. The summed E-state index contributed by atoms with van der Waals surface area (Å²) in [5.74, 6) is 0.523. The summed E-state index contributed by atoms with van der Waals surface area (Å²) in [6, 6.07) is -0.161. The summed E-state index contributed by atoms with van der Waals surface area (Å²) in [6.07, 6.45) is 8.01. The molecule has 1 atom stereocenters. The summed E-state index contributed by atoms with van der Waals surface area (Å²) in [5, 5.41) is 3.12. The molecular formula is C14H27NO3S. The third kappa shape index (κ3) is 7.67. The molecule has 0 aromatic rings. The molecule has 0 aromatic carbocycles. The minimum atomic E-state index is -2.93. The van der Waals surface area contributed by atoms with E-state index in [1.54, 1.807) is 0 Å². The van der Waals surface area contributed by atoms with E-state index in [1.807, 2.05) is 0 Å². The van der Waals surface area contributed by atoms with Crippen LogP contribution < -0.4 is 5.32 Å². The van der Waals surface area contributed by atoms with Crippen LogP contribution in [0.2, 0.25) is 0 Å². The highest BCUT2D eigenvalue weighted by Crippen LogP contribution is 2.11. The molecule has 5 heteroatoms. The van der Waals surface area contributed by atoms with Crippen molar-refractivity contribution in [3.05, 3.63) is 0 Å². The predicted molar refractivity (Wildman–Crippen MR) is 78.1 cm³/mol. The van der Waals surface area contributed by atoms with Gasteiger partial charge >= 0.3 is 0 Å². The molecule has 112 valence electrons. The summed E-state index contributed by atoms with van der Waals surface area (Å²) < 4.78 is 22.9. The summed E-state index contributed by atoms with van der Waals surface area (Å²) in [6.45, 7) is 2.67. The number of unbranched alkanes of at least 4 members (excludes halogenated alkanes) is 5. The second kappa shape index (κ2) is 8.69. The Bertz CT molecular complexity index is 365. The van der Waals surface area contributed by atoms with Crippen LogP contribution in [0.3, 0.4) is 0 Å². The zero-order valence-corrected chi connectivity index (χ0v) is 12.8. The van der Waals surface area contributed by atoms with Crippen molar-refractivity contribution >= 4 is 15.6 Å². The zero-order valence-electron chi connectivity index (χ0n) is 12.0. The van der Waals surface area contributed by atoms with Crippen molar-refractivity contribution in [2.24, 2.45) is 0 Å². The number of Topliss-reactive ketones (excluding diaryl/α,β-unsaturated/α-hetero) is 1. The van der Waals surface area contributed by atoms with Gasteiger partial charge in [0, 0.05) is 25.4 Å². The fourth-order valence-electron chi connectivity index (χ4n) is 2.48. The van der Waals surface area contributed by atoms with Gasteiger partial charge in [-0.05, 0) is 6.42 Å². The van der Waals surface area contributed by atoms with Crippen molar-refractivity contribution in [2.45, 2.75) is 64.3 Å². The maximum absolute atomic E-state index is 11.8. The van der Waals surface area contributed by atoms with Crippen molar-refractivity contribution in [2.75, 3.05) is 18.1 Å². The average Bonchev–Trinajstić information content (AvgIpc) is 2.32. The van der Waals surface area contributed by atoms with Crippen LogP contribution in [0.1, 0.15) is 58.3 Å². The van der Waals surface area contributed by atoms with E-state index in [9.17, 15) is 13.2 Å². The van der Waals surface area contributed by atoms with Crippen molar-refractivity contribution in [1.82, 2.24) is 5.32 Å². The predicted octanol–water partition coefficient (Wildman–Crippen LogP) is 2.08. The van der Waals surface area contributed by atoms with Gasteiger partial charge in [0.15, 0.2) is 9.84 Å². The van der Waals surface area contributed by atoms with E-state index in [0.29, 0.717) is 19.4 Å². The molecule has 1 fully saturated rings. The highest BCUT2D eigenvalue weighted by atomic mass is 32.2. The number of rotatable bonds is 9. The highest BCUT2D eigenvalue weighted by Gasteiger charge is 2.25. The van der Waals surface area contributed by atoms with Gasteiger partial charge in [-0.3, -0.25) is 4.79 Å². The van der Waals surface area contributed by atoms with Gasteiger partial charge in [0.1, 0.15) is 5.78 Å². The van der Waals surface area contributed by atoms with Crippen LogP contribution in [-0.2, 0) is 14.6 Å². The molecule has 0 amide bonds. The van der Waals surface area contributed by atoms with Crippen molar-refractivity contribution in [1.29, 1.82) is 0 Å². The Morgan fingerprint density at radius 3 is 2.53 bits per heavy atom. The van der Waals surface area contributed by atoms with Crippen LogP contribution in [0.15, 0.2) is 0 Å². The average molecular weight is 289 g/mol. The number of ketones is 1. The molecule has 1 rings (SSSR count). The first-order valence-electron chi connectivity index (χ1n) is 7.49. The summed E-state index contributed by atoms with van der Waals surface area (Å²) in [4.78, 5) is 11.8. The van der Waals surface area contributed by atoms with Gasteiger partial charge in [0.2, 0.25) is 0 Å². The van der Waals surface area contributed by atoms with Crippen molar-refractivity contribution < 1.29 is 13.2 Å². The first-order valence-corrected chi connectivity index (χ1v) is 9.31. The molecule has 0 aromatic heterocycles. The Morgan fingerprint density at radius 2 is 1.84 bits per heavy atom. The van der Waals surface area contributed by atoms with E-state index >= 15 is 0 Å². The highest BCUT2D eigenvalue weighted by molar-refractivity contribution is 7.91. The summed E-state index contributed by atoms with van der Waals surface area (Å²) in [7, 11) is -2.93. The monoisotopic (exact) mass is 289 g/mol. The van der Waals surface area contributed by atoms with Crippen molar-refractivity contribution in [3.8, 4) is 0 Å². The minimum Gasteiger partial charge on any atom is -0.312 e. The molecule has 0 aliphatic carbocycles. The third-order valence-corrected chi connectivity index (χ3v) is 5.32. The number of hydrogen-bond donors (Lipinski definition) is 1. The zero-order chi connectivity index (χ0) is 14.1. The first-order chi connectivity index (χ1) is 9.03. The molecule has 4 nitrogen and oxygen atoms in total. The van der Waals surface area contributed by atoms with Crippen LogP contribution >= 0.6 is 0 Å². The van der Waals surface area contributed by atoms with Gasteiger partial charge in [0.05, 0.1) is 11.5 Å². The van der Waals surface area contributed by atoms with Crippen LogP contribution in [0.25, 0.3) is 0 Å². The topological polar surface area (TPSA) is 63.2 Å². The largest absolute Gasteiger partial charge is 0.312 e.